The molecular formula is C61H96O3. The summed E-state index contributed by atoms with van der Waals surface area (Å²) in [6, 6.07) is 32.2. The Bertz CT molecular complexity index is 1370. The molecule has 1 atom stereocenters. The topological polar surface area (TPSA) is 27.7 Å². The summed E-state index contributed by atoms with van der Waals surface area (Å²) in [6.45, 7) is 7.61. The van der Waals surface area contributed by atoms with Gasteiger partial charge in [0, 0.05) is 19.8 Å². The normalized spacial score (nSPS) is 12.5. The molecule has 0 aliphatic heterocycles. The number of benzene rings is 3. The lowest BCUT2D eigenvalue weighted by molar-refractivity contribution is -0.0689. The van der Waals surface area contributed by atoms with Gasteiger partial charge in [0.1, 0.15) is 5.60 Å². The van der Waals surface area contributed by atoms with Crippen LogP contribution in [0.1, 0.15) is 230 Å². The molecule has 0 aliphatic carbocycles. The standard InChI is InChI=1S/C61H96O3/c1-3-5-7-9-11-13-15-17-19-21-23-25-27-29-31-43-53-62-54-45-42-52-60(63-55-44-32-30-28-26-24-22-20-18-16-14-12-10-8-6-4-2)56-64-61(57-46-36-33-37-47-57,58-48-38-34-39-49-58)59-50-40-35-41-51-59/h17-20,33-41,46-51,60H,3-16,21-32,42-45,52-56H2,1-2H3/b19-17-,20-18-. The molecule has 1 unspecified atom stereocenters. The molecule has 358 valence electrons. The summed E-state index contributed by atoms with van der Waals surface area (Å²) in [5.41, 5.74) is 2.68. The molecule has 0 N–H and O–H groups in total. The molecule has 0 bridgehead atoms. The van der Waals surface area contributed by atoms with Crippen molar-refractivity contribution >= 4 is 0 Å². The molecule has 3 heteroatoms. The molecule has 3 rings (SSSR count). The van der Waals surface area contributed by atoms with Gasteiger partial charge in [-0.1, -0.05) is 245 Å². The average molecular weight is 877 g/mol. The quantitative estimate of drug-likeness (QED) is 0.0322. The monoisotopic (exact) mass is 877 g/mol. The summed E-state index contributed by atoms with van der Waals surface area (Å²) in [5.74, 6) is 0. The van der Waals surface area contributed by atoms with E-state index in [2.05, 4.69) is 129 Å². The van der Waals surface area contributed by atoms with E-state index in [1.54, 1.807) is 0 Å². The minimum atomic E-state index is -0.734. The van der Waals surface area contributed by atoms with Crippen molar-refractivity contribution in [2.24, 2.45) is 0 Å². The molecule has 0 fully saturated rings. The molecule has 0 heterocycles. The molecule has 3 aromatic rings. The van der Waals surface area contributed by atoms with Gasteiger partial charge in [-0.3, -0.25) is 0 Å². The predicted molar refractivity (Wildman–Crippen MR) is 278 cm³/mol. The first kappa shape index (κ1) is 55.3. The lowest BCUT2D eigenvalue weighted by atomic mass is 9.80. The van der Waals surface area contributed by atoms with Crippen LogP contribution >= 0.6 is 0 Å². The van der Waals surface area contributed by atoms with E-state index in [-0.39, 0.29) is 6.10 Å². The minimum Gasteiger partial charge on any atom is -0.381 e. The first-order chi connectivity index (χ1) is 31.8. The fourth-order valence-corrected chi connectivity index (χ4v) is 8.93. The maximum atomic E-state index is 7.27. The maximum Gasteiger partial charge on any atom is 0.143 e. The van der Waals surface area contributed by atoms with Gasteiger partial charge >= 0.3 is 0 Å². The highest BCUT2D eigenvalue weighted by atomic mass is 16.5. The maximum absolute atomic E-state index is 7.27. The van der Waals surface area contributed by atoms with E-state index in [4.69, 9.17) is 14.2 Å². The molecule has 64 heavy (non-hydrogen) atoms. The van der Waals surface area contributed by atoms with E-state index in [0.29, 0.717) is 6.61 Å². The molecule has 0 radical (unpaired) electrons. The van der Waals surface area contributed by atoms with Crippen molar-refractivity contribution in [3.8, 4) is 0 Å². The molecule has 0 saturated carbocycles. The van der Waals surface area contributed by atoms with Crippen LogP contribution in [0.25, 0.3) is 0 Å². The number of unbranched alkanes of at least 4 members (excludes halogenated alkanes) is 25. The van der Waals surface area contributed by atoms with Crippen LogP contribution in [0.4, 0.5) is 0 Å². The Balaban J connectivity index is 1.39. The molecule has 3 aromatic carbocycles. The fraction of sp³-hybridized carbons (Fsp3) is 0.639. The van der Waals surface area contributed by atoms with E-state index in [9.17, 15) is 0 Å². The van der Waals surface area contributed by atoms with Gasteiger partial charge in [0.25, 0.3) is 0 Å². The van der Waals surface area contributed by atoms with Gasteiger partial charge < -0.3 is 14.2 Å². The zero-order valence-corrected chi connectivity index (χ0v) is 41.5. The number of allylic oxidation sites excluding steroid dienone is 4. The Morgan fingerprint density at radius 3 is 1.09 bits per heavy atom. The third-order valence-electron chi connectivity index (χ3n) is 12.9. The largest absolute Gasteiger partial charge is 0.381 e. The molecular weight excluding hydrogens is 781 g/mol. The number of rotatable bonds is 44. The first-order valence-electron chi connectivity index (χ1n) is 27.1. The van der Waals surface area contributed by atoms with E-state index >= 15 is 0 Å². The van der Waals surface area contributed by atoms with Gasteiger partial charge in [-0.15, -0.1) is 0 Å². The van der Waals surface area contributed by atoms with E-state index < -0.39 is 5.60 Å². The number of hydrogen-bond donors (Lipinski definition) is 0. The minimum absolute atomic E-state index is 0.0226. The van der Waals surface area contributed by atoms with Crippen molar-refractivity contribution in [2.45, 2.75) is 225 Å². The van der Waals surface area contributed by atoms with Gasteiger partial charge in [0.2, 0.25) is 0 Å². The predicted octanol–water partition coefficient (Wildman–Crippen LogP) is 18.6. The highest BCUT2D eigenvalue weighted by Crippen LogP contribution is 2.40. The summed E-state index contributed by atoms with van der Waals surface area (Å²) in [5, 5.41) is 0. The number of hydrogen-bond acceptors (Lipinski definition) is 3. The molecule has 0 spiro atoms. The number of ether oxygens (including phenoxy) is 3. The van der Waals surface area contributed by atoms with Crippen molar-refractivity contribution in [3.63, 3.8) is 0 Å². The molecule has 3 nitrogen and oxygen atoms in total. The van der Waals surface area contributed by atoms with Crippen LogP contribution < -0.4 is 0 Å². The van der Waals surface area contributed by atoms with Crippen molar-refractivity contribution in [2.75, 3.05) is 26.4 Å². The van der Waals surface area contributed by atoms with E-state index in [1.165, 1.54) is 173 Å². The molecule has 0 aromatic heterocycles. The van der Waals surface area contributed by atoms with Crippen LogP contribution in [0.5, 0.6) is 0 Å². The summed E-state index contributed by atoms with van der Waals surface area (Å²) in [6.07, 6.45) is 49.9. The van der Waals surface area contributed by atoms with Crippen LogP contribution in [0.3, 0.4) is 0 Å². The zero-order valence-electron chi connectivity index (χ0n) is 41.5. The first-order valence-corrected chi connectivity index (χ1v) is 27.1. The summed E-state index contributed by atoms with van der Waals surface area (Å²) < 4.78 is 20.1. The second kappa shape index (κ2) is 40.3. The van der Waals surface area contributed by atoms with Gasteiger partial charge in [0.05, 0.1) is 12.7 Å². The third kappa shape index (κ3) is 26.2. The zero-order chi connectivity index (χ0) is 45.1. The SMILES string of the molecule is CCCCCCCC/C=C\CCCCCCCCOCCCCC(COC(c1ccccc1)(c1ccccc1)c1ccccc1)OCCCCCCCC/C=C\CCCCCCCC. The second-order valence-corrected chi connectivity index (χ2v) is 18.6. The summed E-state index contributed by atoms with van der Waals surface area (Å²) in [4.78, 5) is 0. The van der Waals surface area contributed by atoms with Crippen molar-refractivity contribution in [1.29, 1.82) is 0 Å². The van der Waals surface area contributed by atoms with Gasteiger partial charge in [-0.05, 0) is 100 Å². The third-order valence-corrected chi connectivity index (χ3v) is 12.9. The lowest BCUT2D eigenvalue weighted by Gasteiger charge is -2.37. The Kier molecular flexibility index (Phi) is 34.9. The van der Waals surface area contributed by atoms with Gasteiger partial charge in [0.15, 0.2) is 0 Å². The molecule has 0 saturated heterocycles. The van der Waals surface area contributed by atoms with Crippen molar-refractivity contribution in [3.05, 3.63) is 132 Å². The smallest absolute Gasteiger partial charge is 0.143 e. The van der Waals surface area contributed by atoms with Gasteiger partial charge in [-0.2, -0.15) is 0 Å². The van der Waals surface area contributed by atoms with E-state index in [1.807, 2.05) is 0 Å². The fourth-order valence-electron chi connectivity index (χ4n) is 8.93. The van der Waals surface area contributed by atoms with Crippen molar-refractivity contribution < 1.29 is 14.2 Å². The Hall–Kier alpha value is -2.98. The van der Waals surface area contributed by atoms with E-state index in [0.717, 1.165) is 62.2 Å². The highest BCUT2D eigenvalue weighted by Gasteiger charge is 2.38. The molecule has 0 amide bonds. The van der Waals surface area contributed by atoms with Crippen molar-refractivity contribution in [1.82, 2.24) is 0 Å². The van der Waals surface area contributed by atoms with Crippen LogP contribution in [-0.2, 0) is 19.8 Å². The van der Waals surface area contributed by atoms with Crippen LogP contribution in [-0.4, -0.2) is 32.5 Å². The second-order valence-electron chi connectivity index (χ2n) is 18.6. The summed E-state index contributed by atoms with van der Waals surface area (Å²) in [7, 11) is 0. The van der Waals surface area contributed by atoms with Crippen LogP contribution in [0.15, 0.2) is 115 Å². The Labute approximate surface area is 395 Å². The van der Waals surface area contributed by atoms with Crippen LogP contribution in [0.2, 0.25) is 0 Å². The highest BCUT2D eigenvalue weighted by molar-refractivity contribution is 5.47. The average Bonchev–Trinajstić information content (AvgIpc) is 3.34. The van der Waals surface area contributed by atoms with Crippen LogP contribution in [0, 0.1) is 0 Å². The summed E-state index contributed by atoms with van der Waals surface area (Å²) >= 11 is 0. The Morgan fingerprint density at radius 2 is 0.703 bits per heavy atom. The Morgan fingerprint density at radius 1 is 0.375 bits per heavy atom. The van der Waals surface area contributed by atoms with Gasteiger partial charge in [-0.25, -0.2) is 0 Å². The molecule has 0 aliphatic rings. The lowest BCUT2D eigenvalue weighted by Crippen LogP contribution is -2.36.